The minimum atomic E-state index is -0.132. The molecule has 0 aliphatic heterocycles. The van der Waals surface area contributed by atoms with E-state index in [1.54, 1.807) is 19.4 Å². The van der Waals surface area contributed by atoms with Crippen LogP contribution in [0.3, 0.4) is 0 Å². The molecular weight excluding hydrogens is 304 g/mol. The molecular formula is C19H18N2O3. The number of fused-ring (bicyclic) bond motifs is 1. The molecule has 0 bridgehead atoms. The third-order valence-electron chi connectivity index (χ3n) is 3.61. The van der Waals surface area contributed by atoms with Crippen LogP contribution in [0.15, 0.2) is 60.8 Å². The molecule has 0 unspecified atom stereocenters. The molecule has 0 saturated carbocycles. The molecule has 1 amide bonds. The fourth-order valence-corrected chi connectivity index (χ4v) is 2.39. The summed E-state index contributed by atoms with van der Waals surface area (Å²) >= 11 is 0. The van der Waals surface area contributed by atoms with Crippen molar-refractivity contribution in [1.82, 2.24) is 10.3 Å². The number of hydrogen-bond donors (Lipinski definition) is 1. The van der Waals surface area contributed by atoms with Gasteiger partial charge in [-0.05, 0) is 36.4 Å². The van der Waals surface area contributed by atoms with E-state index in [-0.39, 0.29) is 5.91 Å². The van der Waals surface area contributed by atoms with Gasteiger partial charge in [0, 0.05) is 11.6 Å². The summed E-state index contributed by atoms with van der Waals surface area (Å²) in [6.45, 7) is 0.808. The monoisotopic (exact) mass is 322 g/mol. The number of benzene rings is 2. The Kier molecular flexibility index (Phi) is 4.91. The van der Waals surface area contributed by atoms with Gasteiger partial charge in [0.1, 0.15) is 18.1 Å². The molecule has 122 valence electrons. The van der Waals surface area contributed by atoms with E-state index in [4.69, 9.17) is 9.47 Å². The maximum absolute atomic E-state index is 12.3. The average molecular weight is 322 g/mol. The third-order valence-corrected chi connectivity index (χ3v) is 3.61. The number of carbonyl (C=O) groups is 1. The van der Waals surface area contributed by atoms with E-state index in [0.29, 0.717) is 18.7 Å². The van der Waals surface area contributed by atoms with Gasteiger partial charge in [0.25, 0.3) is 5.91 Å². The summed E-state index contributed by atoms with van der Waals surface area (Å²) < 4.78 is 10.7. The number of hydrogen-bond acceptors (Lipinski definition) is 4. The summed E-state index contributed by atoms with van der Waals surface area (Å²) in [5.41, 5.74) is 1.42. The Morgan fingerprint density at radius 3 is 2.58 bits per heavy atom. The van der Waals surface area contributed by atoms with Crippen LogP contribution in [-0.2, 0) is 0 Å². The number of ether oxygens (including phenoxy) is 2. The first kappa shape index (κ1) is 15.8. The standard InChI is InChI=1S/C19H18N2O3/c1-23-14-6-8-15(9-7-14)24-13-12-21-19(22)17-10-11-20-18-5-3-2-4-16(17)18/h2-11H,12-13H2,1H3,(H,21,22). The Hall–Kier alpha value is -3.08. The van der Waals surface area contributed by atoms with E-state index in [9.17, 15) is 4.79 Å². The summed E-state index contributed by atoms with van der Waals surface area (Å²) in [7, 11) is 1.62. The van der Waals surface area contributed by atoms with E-state index in [2.05, 4.69) is 10.3 Å². The predicted molar refractivity (Wildman–Crippen MR) is 92.6 cm³/mol. The molecule has 0 atom stereocenters. The molecule has 1 heterocycles. The van der Waals surface area contributed by atoms with Crippen molar-refractivity contribution in [3.8, 4) is 11.5 Å². The van der Waals surface area contributed by atoms with Crippen LogP contribution >= 0.6 is 0 Å². The number of nitrogens with one attached hydrogen (secondary N) is 1. The fourth-order valence-electron chi connectivity index (χ4n) is 2.39. The van der Waals surface area contributed by atoms with Gasteiger partial charge in [-0.25, -0.2) is 0 Å². The molecule has 0 aliphatic rings. The minimum Gasteiger partial charge on any atom is -0.497 e. The SMILES string of the molecule is COc1ccc(OCCNC(=O)c2ccnc3ccccc23)cc1. The fraction of sp³-hybridized carbons (Fsp3) is 0.158. The maximum atomic E-state index is 12.3. The van der Waals surface area contributed by atoms with Gasteiger partial charge in [0.15, 0.2) is 0 Å². The molecule has 5 heteroatoms. The Morgan fingerprint density at radius 2 is 1.79 bits per heavy atom. The maximum Gasteiger partial charge on any atom is 0.252 e. The van der Waals surface area contributed by atoms with E-state index in [1.165, 1.54) is 0 Å². The molecule has 0 spiro atoms. The zero-order valence-corrected chi connectivity index (χ0v) is 13.4. The van der Waals surface area contributed by atoms with Crippen molar-refractivity contribution in [2.45, 2.75) is 0 Å². The number of rotatable bonds is 6. The highest BCUT2D eigenvalue weighted by Crippen LogP contribution is 2.17. The second kappa shape index (κ2) is 7.46. The molecule has 0 aliphatic carbocycles. The molecule has 2 aromatic carbocycles. The lowest BCUT2D eigenvalue weighted by Gasteiger charge is -2.09. The van der Waals surface area contributed by atoms with Crippen LogP contribution in [0.4, 0.5) is 0 Å². The highest BCUT2D eigenvalue weighted by atomic mass is 16.5. The van der Waals surface area contributed by atoms with E-state index in [0.717, 1.165) is 22.4 Å². The van der Waals surface area contributed by atoms with Crippen molar-refractivity contribution >= 4 is 16.8 Å². The Morgan fingerprint density at radius 1 is 1.04 bits per heavy atom. The number of carbonyl (C=O) groups excluding carboxylic acids is 1. The summed E-state index contributed by atoms with van der Waals surface area (Å²) in [6, 6.07) is 16.6. The number of pyridine rings is 1. The van der Waals surface area contributed by atoms with Crippen LogP contribution in [0.25, 0.3) is 10.9 Å². The molecule has 24 heavy (non-hydrogen) atoms. The highest BCUT2D eigenvalue weighted by molar-refractivity contribution is 6.05. The normalized spacial score (nSPS) is 10.4. The van der Waals surface area contributed by atoms with Crippen molar-refractivity contribution in [3.63, 3.8) is 0 Å². The first-order chi connectivity index (χ1) is 11.8. The molecule has 3 rings (SSSR count). The summed E-state index contributed by atoms with van der Waals surface area (Å²) in [5, 5.41) is 3.71. The largest absolute Gasteiger partial charge is 0.497 e. The molecule has 0 fully saturated rings. The molecule has 0 saturated heterocycles. The van der Waals surface area contributed by atoms with Gasteiger partial charge >= 0.3 is 0 Å². The van der Waals surface area contributed by atoms with Crippen molar-refractivity contribution in [2.75, 3.05) is 20.3 Å². The first-order valence-corrected chi connectivity index (χ1v) is 7.67. The Bertz CT molecular complexity index is 826. The van der Waals surface area contributed by atoms with Gasteiger partial charge in [0.05, 0.1) is 24.7 Å². The van der Waals surface area contributed by atoms with Crippen LogP contribution in [0.1, 0.15) is 10.4 Å². The van der Waals surface area contributed by atoms with Crippen LogP contribution in [-0.4, -0.2) is 31.2 Å². The van der Waals surface area contributed by atoms with Crippen LogP contribution in [0.5, 0.6) is 11.5 Å². The Labute approximate surface area is 140 Å². The summed E-state index contributed by atoms with van der Waals surface area (Å²) in [5.74, 6) is 1.38. The van der Waals surface area contributed by atoms with Gasteiger partial charge in [-0.3, -0.25) is 9.78 Å². The van der Waals surface area contributed by atoms with Crippen molar-refractivity contribution in [1.29, 1.82) is 0 Å². The van der Waals surface area contributed by atoms with E-state index >= 15 is 0 Å². The zero-order chi connectivity index (χ0) is 16.8. The molecule has 1 N–H and O–H groups in total. The van der Waals surface area contributed by atoms with Crippen LogP contribution in [0, 0.1) is 0 Å². The van der Waals surface area contributed by atoms with Crippen LogP contribution in [0.2, 0.25) is 0 Å². The van der Waals surface area contributed by atoms with Crippen molar-refractivity contribution in [2.24, 2.45) is 0 Å². The van der Waals surface area contributed by atoms with Gasteiger partial charge in [-0.1, -0.05) is 18.2 Å². The highest BCUT2D eigenvalue weighted by Gasteiger charge is 2.09. The number of nitrogens with zero attached hydrogens (tertiary/aromatic N) is 1. The van der Waals surface area contributed by atoms with Crippen LogP contribution < -0.4 is 14.8 Å². The zero-order valence-electron chi connectivity index (χ0n) is 13.4. The molecule has 3 aromatic rings. The second-order valence-corrected chi connectivity index (χ2v) is 5.16. The average Bonchev–Trinajstić information content (AvgIpc) is 2.65. The van der Waals surface area contributed by atoms with Gasteiger partial charge < -0.3 is 14.8 Å². The lowest BCUT2D eigenvalue weighted by atomic mass is 10.1. The second-order valence-electron chi connectivity index (χ2n) is 5.16. The predicted octanol–water partition coefficient (Wildman–Crippen LogP) is 3.05. The minimum absolute atomic E-state index is 0.132. The number of para-hydroxylation sites is 1. The van der Waals surface area contributed by atoms with E-state index in [1.807, 2.05) is 48.5 Å². The number of methoxy groups -OCH3 is 1. The number of amides is 1. The first-order valence-electron chi connectivity index (χ1n) is 7.67. The van der Waals surface area contributed by atoms with Gasteiger partial charge in [-0.2, -0.15) is 0 Å². The van der Waals surface area contributed by atoms with Gasteiger partial charge in [-0.15, -0.1) is 0 Å². The summed E-state index contributed by atoms with van der Waals surface area (Å²) in [4.78, 5) is 16.6. The Balaban J connectivity index is 1.55. The van der Waals surface area contributed by atoms with E-state index < -0.39 is 0 Å². The topological polar surface area (TPSA) is 60.5 Å². The smallest absolute Gasteiger partial charge is 0.252 e. The quantitative estimate of drug-likeness (QED) is 0.709. The van der Waals surface area contributed by atoms with Crippen molar-refractivity contribution < 1.29 is 14.3 Å². The number of aromatic nitrogens is 1. The van der Waals surface area contributed by atoms with Gasteiger partial charge in [0.2, 0.25) is 0 Å². The molecule has 1 aromatic heterocycles. The molecule has 5 nitrogen and oxygen atoms in total. The lowest BCUT2D eigenvalue weighted by Crippen LogP contribution is -2.28. The third kappa shape index (κ3) is 3.63. The van der Waals surface area contributed by atoms with Crippen molar-refractivity contribution in [3.05, 3.63) is 66.4 Å². The molecule has 0 radical (unpaired) electrons. The lowest BCUT2D eigenvalue weighted by molar-refractivity contribution is 0.0948. The summed E-state index contributed by atoms with van der Waals surface area (Å²) in [6.07, 6.45) is 1.64.